The van der Waals surface area contributed by atoms with Crippen LogP contribution in [0.25, 0.3) is 11.2 Å². The van der Waals surface area contributed by atoms with Crippen molar-refractivity contribution in [1.82, 2.24) is 39.7 Å². The lowest BCUT2D eigenvalue weighted by Gasteiger charge is -2.33. The number of aliphatic imine (C=N–C) groups is 1. The lowest BCUT2D eigenvalue weighted by molar-refractivity contribution is -0.115. The maximum atomic E-state index is 13.0. The number of carbonyl (C=O) groups is 1. The molecule has 1 amide bonds. The summed E-state index contributed by atoms with van der Waals surface area (Å²) in [5.41, 5.74) is 11.2. The van der Waals surface area contributed by atoms with Gasteiger partial charge in [0, 0.05) is 24.1 Å². The van der Waals surface area contributed by atoms with E-state index in [4.69, 9.17) is 16.2 Å². The third-order valence-corrected chi connectivity index (χ3v) is 9.58. The number of carbonyl (C=O) groups excluding carboxylic acids is 1. The third-order valence-electron chi connectivity index (χ3n) is 8.12. The van der Waals surface area contributed by atoms with Crippen molar-refractivity contribution in [2.75, 3.05) is 48.7 Å². The van der Waals surface area contributed by atoms with E-state index in [0.717, 1.165) is 25.9 Å². The number of aromatic nitrogens is 6. The van der Waals surface area contributed by atoms with Crippen molar-refractivity contribution < 1.29 is 19.7 Å². The van der Waals surface area contributed by atoms with Gasteiger partial charge in [-0.15, -0.1) is 0 Å². The van der Waals surface area contributed by atoms with Crippen LogP contribution in [0.2, 0.25) is 0 Å². The molecule has 3 aromatic heterocycles. The fourth-order valence-electron chi connectivity index (χ4n) is 5.71. The summed E-state index contributed by atoms with van der Waals surface area (Å²) in [6, 6.07) is 0. The van der Waals surface area contributed by atoms with Crippen LogP contribution in [0.1, 0.15) is 32.9 Å². The summed E-state index contributed by atoms with van der Waals surface area (Å²) in [4.78, 5) is 50.7. The minimum absolute atomic E-state index is 0.0266. The molecule has 3 aliphatic rings. The average molecular weight is 629 g/mol. The zero-order chi connectivity index (χ0) is 31.2. The summed E-state index contributed by atoms with van der Waals surface area (Å²) in [7, 11) is 0. The van der Waals surface area contributed by atoms with Crippen molar-refractivity contribution in [3.63, 3.8) is 0 Å². The number of amides is 1. The standard InChI is InChI=1S/C26H36N12O5S/c1-26(2)18(33-15-20(36-26)34-25(28)35-22(15)41)23(42)29-5-8-37-6-3-12(4-7-37)44-9-13-16(39)17(40)24(43-13)38-11-32-14-19(27)30-10-31-21(14)38/h10-13,16-17,24,39-40H,3-9H2,1-2H3,(H,29,42)(H2,27,30,31)(H4,28,34,35,36,41)/t13-,16?,17?,24-/m1/s1. The van der Waals surface area contributed by atoms with Gasteiger partial charge in [0.1, 0.15) is 29.8 Å². The fourth-order valence-corrected chi connectivity index (χ4v) is 6.99. The molecule has 4 atom stereocenters. The molecular weight excluding hydrogens is 592 g/mol. The summed E-state index contributed by atoms with van der Waals surface area (Å²) in [6.07, 6.45) is 1.10. The number of hydrogen-bond acceptors (Lipinski definition) is 15. The number of H-pyrrole nitrogens is 1. The number of aliphatic hydroxyl groups excluding tert-OH is 2. The highest BCUT2D eigenvalue weighted by Gasteiger charge is 2.44. The summed E-state index contributed by atoms with van der Waals surface area (Å²) in [6.45, 7) is 6.40. The lowest BCUT2D eigenvalue weighted by Crippen LogP contribution is -2.52. The highest BCUT2D eigenvalue weighted by Crippen LogP contribution is 2.35. The number of thioether (sulfide) groups is 1. The van der Waals surface area contributed by atoms with E-state index in [2.05, 4.69) is 45.4 Å². The molecule has 2 saturated heterocycles. The van der Waals surface area contributed by atoms with Crippen LogP contribution in [0, 0.1) is 0 Å². The molecule has 3 aliphatic heterocycles. The van der Waals surface area contributed by atoms with Gasteiger partial charge in [0.05, 0.1) is 18.0 Å². The molecule has 0 aromatic carbocycles. The van der Waals surface area contributed by atoms with Crippen molar-refractivity contribution in [2.24, 2.45) is 4.99 Å². The smallest absolute Gasteiger partial charge is 0.280 e. The van der Waals surface area contributed by atoms with Gasteiger partial charge in [-0.05, 0) is 39.8 Å². The van der Waals surface area contributed by atoms with Crippen LogP contribution in [-0.2, 0) is 9.53 Å². The molecule has 3 aromatic rings. The van der Waals surface area contributed by atoms with Gasteiger partial charge in [0.25, 0.3) is 11.5 Å². The Bertz CT molecular complexity index is 1640. The zero-order valence-electron chi connectivity index (χ0n) is 24.3. The van der Waals surface area contributed by atoms with Crippen molar-refractivity contribution >= 4 is 57.8 Å². The topological polar surface area (TPSA) is 248 Å². The zero-order valence-corrected chi connectivity index (χ0v) is 25.1. The number of aliphatic hydroxyl groups is 2. The number of nitrogens with one attached hydrogen (secondary N) is 3. The van der Waals surface area contributed by atoms with Crippen LogP contribution in [0.4, 0.5) is 23.3 Å². The minimum atomic E-state index is -1.14. The number of fused-ring (bicyclic) bond motifs is 2. The van der Waals surface area contributed by atoms with Gasteiger partial charge in [-0.1, -0.05) is 0 Å². The van der Waals surface area contributed by atoms with Gasteiger partial charge in [0.2, 0.25) is 5.95 Å². The minimum Gasteiger partial charge on any atom is -0.387 e. The van der Waals surface area contributed by atoms with Gasteiger partial charge in [-0.25, -0.2) is 19.9 Å². The third kappa shape index (κ3) is 5.82. The number of anilines is 3. The van der Waals surface area contributed by atoms with E-state index in [0.29, 0.717) is 35.3 Å². The van der Waals surface area contributed by atoms with Crippen molar-refractivity contribution in [3.05, 3.63) is 23.0 Å². The number of nitrogens with two attached hydrogens (primary N) is 2. The molecule has 18 heteroatoms. The van der Waals surface area contributed by atoms with Gasteiger partial charge in [-0.2, -0.15) is 16.7 Å². The second-order valence-corrected chi connectivity index (χ2v) is 13.0. The summed E-state index contributed by atoms with van der Waals surface area (Å²) < 4.78 is 7.65. The van der Waals surface area contributed by atoms with Gasteiger partial charge >= 0.3 is 0 Å². The Balaban J connectivity index is 0.957. The number of ether oxygens (including phenoxy) is 1. The molecule has 17 nitrogen and oxygen atoms in total. The maximum absolute atomic E-state index is 13.0. The Kier molecular flexibility index (Phi) is 8.18. The number of imidazole rings is 1. The Labute approximate surface area is 255 Å². The quantitative estimate of drug-likeness (QED) is 0.158. The maximum Gasteiger partial charge on any atom is 0.280 e. The van der Waals surface area contributed by atoms with E-state index in [1.54, 1.807) is 30.2 Å². The van der Waals surface area contributed by atoms with Crippen LogP contribution < -0.4 is 27.7 Å². The van der Waals surface area contributed by atoms with Crippen LogP contribution in [0.5, 0.6) is 0 Å². The summed E-state index contributed by atoms with van der Waals surface area (Å²) in [5, 5.41) is 27.8. The lowest BCUT2D eigenvalue weighted by atomic mass is 9.95. The Morgan fingerprint density at radius 3 is 2.75 bits per heavy atom. The Morgan fingerprint density at radius 2 is 1.98 bits per heavy atom. The van der Waals surface area contributed by atoms with Crippen LogP contribution in [-0.4, -0.2) is 117 Å². The predicted octanol–water partition coefficient (Wildman–Crippen LogP) is -1.02. The van der Waals surface area contributed by atoms with Crippen LogP contribution >= 0.6 is 11.8 Å². The fraction of sp³-hybridized carbons (Fsp3) is 0.577. The van der Waals surface area contributed by atoms with Gasteiger partial charge in [-0.3, -0.25) is 19.1 Å². The molecule has 6 rings (SSSR count). The molecule has 2 fully saturated rings. The largest absolute Gasteiger partial charge is 0.387 e. The van der Waals surface area contributed by atoms with Gasteiger partial charge in [0.15, 0.2) is 29.2 Å². The highest BCUT2D eigenvalue weighted by atomic mass is 32.2. The summed E-state index contributed by atoms with van der Waals surface area (Å²) >= 11 is 1.72. The van der Waals surface area contributed by atoms with Crippen LogP contribution in [0.15, 0.2) is 22.4 Å². The van der Waals surface area contributed by atoms with E-state index < -0.39 is 35.6 Å². The number of rotatable bonds is 8. The first-order valence-corrected chi connectivity index (χ1v) is 15.4. The molecule has 236 valence electrons. The predicted molar refractivity (Wildman–Crippen MR) is 165 cm³/mol. The monoisotopic (exact) mass is 628 g/mol. The number of hydrogen-bond donors (Lipinski definition) is 7. The number of piperidine rings is 1. The molecule has 44 heavy (non-hydrogen) atoms. The Morgan fingerprint density at radius 1 is 1.20 bits per heavy atom. The number of nitrogens with zero attached hydrogens (tertiary/aromatic N) is 7. The molecule has 0 bridgehead atoms. The van der Waals surface area contributed by atoms with Gasteiger partial charge < -0.3 is 42.0 Å². The van der Waals surface area contributed by atoms with Crippen LogP contribution in [0.3, 0.4) is 0 Å². The molecule has 0 saturated carbocycles. The highest BCUT2D eigenvalue weighted by molar-refractivity contribution is 7.99. The first-order valence-electron chi connectivity index (χ1n) is 14.4. The molecule has 0 radical (unpaired) electrons. The van der Waals surface area contributed by atoms with Crippen molar-refractivity contribution in [3.8, 4) is 0 Å². The summed E-state index contributed by atoms with van der Waals surface area (Å²) in [5.74, 6) is 0.617. The van der Waals surface area contributed by atoms with E-state index >= 15 is 0 Å². The number of aromatic amines is 1. The molecule has 0 spiro atoms. The number of nitrogen functional groups attached to an aromatic ring is 2. The van der Waals surface area contributed by atoms with E-state index in [9.17, 15) is 19.8 Å². The first kappa shape index (κ1) is 30.2. The Hall–Kier alpha value is -3.84. The molecule has 0 aliphatic carbocycles. The number of likely N-dealkylation sites (tertiary alicyclic amines) is 1. The normalized spacial score (nSPS) is 25.4. The van der Waals surface area contributed by atoms with E-state index in [-0.39, 0.29) is 34.9 Å². The van der Waals surface area contributed by atoms with E-state index in [1.165, 1.54) is 12.7 Å². The van der Waals surface area contributed by atoms with Crippen molar-refractivity contribution in [1.29, 1.82) is 0 Å². The first-order chi connectivity index (χ1) is 21.0. The molecule has 2 unspecified atom stereocenters. The average Bonchev–Trinajstić information content (AvgIpc) is 3.53. The van der Waals surface area contributed by atoms with E-state index in [1.807, 2.05) is 0 Å². The molecule has 9 N–H and O–H groups in total. The molecule has 6 heterocycles. The van der Waals surface area contributed by atoms with Crippen molar-refractivity contribution in [2.45, 2.75) is 62.0 Å². The second-order valence-electron chi connectivity index (χ2n) is 11.6. The second kappa shape index (κ2) is 11.9. The molecular formula is C26H36N12O5S. The SMILES string of the molecule is CC1(C)Nc2nc(N)[nH]c(=O)c2N=C1C(=O)NCCN1CCC(SC[C@H]2O[C@@H](n3cnc4c(N)ncnc43)C(O)C2O)CC1.